The minimum absolute atomic E-state index is 0.236. The van der Waals surface area contributed by atoms with Crippen LogP contribution in [0.5, 0.6) is 0 Å². The Hall–Kier alpha value is -2.61. The average molecular weight is 441 g/mol. The van der Waals surface area contributed by atoms with Crippen molar-refractivity contribution in [2.75, 3.05) is 0 Å². The van der Waals surface area contributed by atoms with E-state index in [1.54, 1.807) is 24.3 Å². The minimum Gasteiger partial charge on any atom is -0.481 e. The number of carboxylic acids is 1. The molecule has 0 radical (unpaired) electrons. The third-order valence-corrected chi connectivity index (χ3v) is 4.66. The highest BCUT2D eigenvalue weighted by molar-refractivity contribution is 9.10. The molecule has 0 aliphatic rings. The van der Waals surface area contributed by atoms with E-state index in [1.807, 2.05) is 0 Å². The van der Waals surface area contributed by atoms with Crippen LogP contribution in [0.25, 0.3) is 11.0 Å². The monoisotopic (exact) mass is 440 g/mol. The van der Waals surface area contributed by atoms with Crippen molar-refractivity contribution in [1.29, 1.82) is 0 Å². The van der Waals surface area contributed by atoms with Gasteiger partial charge in [0.25, 0.3) is 0 Å². The standard InChI is InChI=1S/C19H12BrF3O4/c20-12-4-1-10(2-5-12)14(8-17(24)25)11-3-6-13-15(19(21,22)23)9-18(26)27-16(13)7-11/h1-7,9,14H,8H2,(H,24,25). The van der Waals surface area contributed by atoms with Crippen LogP contribution in [-0.4, -0.2) is 11.1 Å². The molecule has 3 aromatic rings. The molecule has 0 saturated carbocycles. The SMILES string of the molecule is O=C(O)CC(c1ccc(Br)cc1)c1ccc2c(C(F)(F)F)cc(=O)oc2c1. The summed E-state index contributed by atoms with van der Waals surface area (Å²) in [5, 5.41) is 8.98. The van der Waals surface area contributed by atoms with E-state index < -0.39 is 29.3 Å². The molecule has 8 heteroatoms. The van der Waals surface area contributed by atoms with Gasteiger partial charge in [0.2, 0.25) is 0 Å². The molecule has 1 unspecified atom stereocenters. The Morgan fingerprint density at radius 3 is 2.30 bits per heavy atom. The second-order valence-electron chi connectivity index (χ2n) is 5.93. The molecular formula is C19H12BrF3O4. The van der Waals surface area contributed by atoms with Crippen molar-refractivity contribution in [1.82, 2.24) is 0 Å². The van der Waals surface area contributed by atoms with Gasteiger partial charge in [-0.15, -0.1) is 0 Å². The molecule has 1 atom stereocenters. The van der Waals surface area contributed by atoms with E-state index in [-0.39, 0.29) is 17.4 Å². The number of carbonyl (C=O) groups is 1. The van der Waals surface area contributed by atoms with Gasteiger partial charge in [-0.05, 0) is 29.3 Å². The molecule has 4 nitrogen and oxygen atoms in total. The lowest BCUT2D eigenvalue weighted by Gasteiger charge is -2.17. The van der Waals surface area contributed by atoms with Gasteiger partial charge in [-0.3, -0.25) is 4.79 Å². The fraction of sp³-hybridized carbons (Fsp3) is 0.158. The zero-order valence-corrected chi connectivity index (χ0v) is 15.2. The van der Waals surface area contributed by atoms with Crippen LogP contribution in [0.3, 0.4) is 0 Å². The first-order valence-corrected chi connectivity index (χ1v) is 8.56. The lowest BCUT2D eigenvalue weighted by atomic mass is 9.88. The van der Waals surface area contributed by atoms with E-state index >= 15 is 0 Å². The molecule has 3 rings (SSSR count). The molecule has 0 aliphatic heterocycles. The van der Waals surface area contributed by atoms with Crippen LogP contribution >= 0.6 is 15.9 Å². The van der Waals surface area contributed by atoms with Crippen LogP contribution in [0.2, 0.25) is 0 Å². The average Bonchev–Trinajstić information content (AvgIpc) is 2.58. The largest absolute Gasteiger partial charge is 0.481 e. The number of alkyl halides is 3. The molecule has 0 aliphatic carbocycles. The number of aliphatic carboxylic acids is 1. The molecule has 140 valence electrons. The molecule has 1 aromatic heterocycles. The quantitative estimate of drug-likeness (QED) is 0.567. The number of hydrogen-bond donors (Lipinski definition) is 1. The minimum atomic E-state index is -4.71. The molecule has 1 N–H and O–H groups in total. The van der Waals surface area contributed by atoms with E-state index in [9.17, 15) is 27.9 Å². The van der Waals surface area contributed by atoms with Crippen LogP contribution in [0.1, 0.15) is 29.0 Å². The maximum absolute atomic E-state index is 13.2. The molecule has 27 heavy (non-hydrogen) atoms. The van der Waals surface area contributed by atoms with Gasteiger partial charge >= 0.3 is 17.8 Å². The molecule has 0 fully saturated rings. The second kappa shape index (κ2) is 7.19. The topological polar surface area (TPSA) is 67.5 Å². The molecule has 2 aromatic carbocycles. The molecule has 0 saturated heterocycles. The van der Waals surface area contributed by atoms with Crippen molar-refractivity contribution >= 4 is 32.9 Å². The second-order valence-corrected chi connectivity index (χ2v) is 6.85. The van der Waals surface area contributed by atoms with E-state index in [4.69, 9.17) is 4.42 Å². The Labute approximate surface area is 159 Å². The first-order chi connectivity index (χ1) is 12.6. The summed E-state index contributed by atoms with van der Waals surface area (Å²) >= 11 is 3.30. The van der Waals surface area contributed by atoms with Crippen molar-refractivity contribution in [3.05, 3.63) is 80.1 Å². The predicted molar refractivity (Wildman–Crippen MR) is 95.7 cm³/mol. The van der Waals surface area contributed by atoms with E-state index in [2.05, 4.69) is 15.9 Å². The zero-order chi connectivity index (χ0) is 19.8. The maximum Gasteiger partial charge on any atom is 0.417 e. The Morgan fingerprint density at radius 1 is 1.07 bits per heavy atom. The third kappa shape index (κ3) is 4.21. The first-order valence-electron chi connectivity index (χ1n) is 7.77. The lowest BCUT2D eigenvalue weighted by Crippen LogP contribution is -2.12. The van der Waals surface area contributed by atoms with Gasteiger partial charge in [0.1, 0.15) is 5.58 Å². The van der Waals surface area contributed by atoms with Crippen molar-refractivity contribution in [3.8, 4) is 0 Å². The fourth-order valence-electron chi connectivity index (χ4n) is 2.93. The van der Waals surface area contributed by atoms with Crippen molar-refractivity contribution < 1.29 is 27.5 Å². The number of fused-ring (bicyclic) bond motifs is 1. The Kier molecular flexibility index (Phi) is 5.10. The number of benzene rings is 2. The van der Waals surface area contributed by atoms with E-state index in [0.717, 1.165) is 4.47 Å². The normalized spacial score (nSPS) is 12.9. The van der Waals surface area contributed by atoms with Gasteiger partial charge in [0.15, 0.2) is 0 Å². The van der Waals surface area contributed by atoms with Gasteiger partial charge in [-0.25, -0.2) is 4.79 Å². The predicted octanol–water partition coefficient (Wildman–Crippen LogP) is 5.18. The van der Waals surface area contributed by atoms with Crippen molar-refractivity contribution in [2.45, 2.75) is 18.5 Å². The van der Waals surface area contributed by atoms with Crippen LogP contribution < -0.4 is 5.63 Å². The van der Waals surface area contributed by atoms with Gasteiger partial charge in [0.05, 0.1) is 12.0 Å². The molecule has 1 heterocycles. The summed E-state index contributed by atoms with van der Waals surface area (Å²) in [7, 11) is 0. The summed E-state index contributed by atoms with van der Waals surface area (Å²) < 4.78 is 45.3. The molecular weight excluding hydrogens is 429 g/mol. The van der Waals surface area contributed by atoms with Crippen LogP contribution in [0, 0.1) is 0 Å². The van der Waals surface area contributed by atoms with Gasteiger partial charge in [0, 0.05) is 21.8 Å². The number of halogens is 4. The molecule has 0 spiro atoms. The molecule has 0 bridgehead atoms. The van der Waals surface area contributed by atoms with Crippen LogP contribution in [-0.2, 0) is 11.0 Å². The summed E-state index contributed by atoms with van der Waals surface area (Å²) in [6.07, 6.45) is -4.97. The first kappa shape index (κ1) is 19.2. The summed E-state index contributed by atoms with van der Waals surface area (Å²) in [5.41, 5.74) is -1.33. The van der Waals surface area contributed by atoms with Gasteiger partial charge in [-0.1, -0.05) is 40.2 Å². The summed E-state index contributed by atoms with van der Waals surface area (Å²) in [5.74, 6) is -1.67. The summed E-state index contributed by atoms with van der Waals surface area (Å²) in [4.78, 5) is 22.8. The smallest absolute Gasteiger partial charge is 0.417 e. The summed E-state index contributed by atoms with van der Waals surface area (Å²) in [6.45, 7) is 0. The maximum atomic E-state index is 13.2. The van der Waals surface area contributed by atoms with E-state index in [0.29, 0.717) is 17.2 Å². The van der Waals surface area contributed by atoms with Crippen LogP contribution in [0.15, 0.2) is 62.2 Å². The number of rotatable bonds is 4. The number of carboxylic acid groups (broad SMARTS) is 1. The Bertz CT molecular complexity index is 1060. The lowest BCUT2D eigenvalue weighted by molar-refractivity contribution is -0.137. The zero-order valence-electron chi connectivity index (χ0n) is 13.6. The highest BCUT2D eigenvalue weighted by atomic mass is 79.9. The third-order valence-electron chi connectivity index (χ3n) is 4.13. The highest BCUT2D eigenvalue weighted by Crippen LogP contribution is 2.36. The Morgan fingerprint density at radius 2 is 1.70 bits per heavy atom. The van der Waals surface area contributed by atoms with E-state index in [1.165, 1.54) is 18.2 Å². The van der Waals surface area contributed by atoms with Crippen LogP contribution in [0.4, 0.5) is 13.2 Å². The van der Waals surface area contributed by atoms with Crippen molar-refractivity contribution in [3.63, 3.8) is 0 Å². The number of hydrogen-bond acceptors (Lipinski definition) is 3. The highest BCUT2D eigenvalue weighted by Gasteiger charge is 2.34. The summed E-state index contributed by atoms with van der Waals surface area (Å²) in [6, 6.07) is 11.3. The Balaban J connectivity index is 2.17. The van der Waals surface area contributed by atoms with Crippen molar-refractivity contribution in [2.24, 2.45) is 0 Å². The van der Waals surface area contributed by atoms with Gasteiger partial charge in [-0.2, -0.15) is 13.2 Å². The fourth-order valence-corrected chi connectivity index (χ4v) is 3.19. The molecule has 0 amide bonds. The van der Waals surface area contributed by atoms with Gasteiger partial charge < -0.3 is 9.52 Å².